The number of carbonyl (C=O) groups is 1. The Labute approximate surface area is 94.7 Å². The van der Waals surface area contributed by atoms with E-state index in [-0.39, 0.29) is 24.3 Å². The summed E-state index contributed by atoms with van der Waals surface area (Å²) in [6, 6.07) is 3.46. The summed E-state index contributed by atoms with van der Waals surface area (Å²) < 4.78 is 0. The average molecular weight is 223 g/mol. The van der Waals surface area contributed by atoms with Crippen LogP contribution in [0.1, 0.15) is 24.3 Å². The standard InChI is InChI=1S/C11H17N3O2/c1-7(6-15)8(2)14-9-3-4-13-10(5-9)11(12)16/h3-5,7-8,15H,6H2,1-2H3,(H2,12,16)(H,13,14). The number of hydrogen-bond donors (Lipinski definition) is 3. The second kappa shape index (κ2) is 5.46. The van der Waals surface area contributed by atoms with Crippen LogP contribution in [0.25, 0.3) is 0 Å². The maximum atomic E-state index is 10.9. The van der Waals surface area contributed by atoms with Crippen molar-refractivity contribution in [2.75, 3.05) is 11.9 Å². The lowest BCUT2D eigenvalue weighted by Crippen LogP contribution is -2.26. The number of aliphatic hydroxyl groups is 1. The van der Waals surface area contributed by atoms with Crippen molar-refractivity contribution in [1.29, 1.82) is 0 Å². The van der Waals surface area contributed by atoms with Crippen LogP contribution in [0, 0.1) is 5.92 Å². The van der Waals surface area contributed by atoms with Gasteiger partial charge in [0, 0.05) is 24.5 Å². The number of nitrogens with one attached hydrogen (secondary N) is 1. The zero-order valence-electron chi connectivity index (χ0n) is 9.47. The molecule has 0 bridgehead atoms. The predicted octanol–water partition coefficient (Wildman–Crippen LogP) is 0.609. The summed E-state index contributed by atoms with van der Waals surface area (Å²) in [7, 11) is 0. The molecule has 0 aliphatic rings. The van der Waals surface area contributed by atoms with E-state index in [4.69, 9.17) is 10.8 Å². The first-order valence-electron chi connectivity index (χ1n) is 5.18. The molecule has 2 unspecified atom stereocenters. The average Bonchev–Trinajstić information content (AvgIpc) is 2.28. The molecule has 4 N–H and O–H groups in total. The highest BCUT2D eigenvalue weighted by molar-refractivity contribution is 5.91. The lowest BCUT2D eigenvalue weighted by molar-refractivity contribution is 0.0995. The Morgan fingerprint density at radius 2 is 2.31 bits per heavy atom. The molecule has 1 amide bonds. The van der Waals surface area contributed by atoms with Gasteiger partial charge in [-0.2, -0.15) is 0 Å². The predicted molar refractivity (Wildman–Crippen MR) is 62.1 cm³/mol. The highest BCUT2D eigenvalue weighted by Gasteiger charge is 2.11. The summed E-state index contributed by atoms with van der Waals surface area (Å²) in [5, 5.41) is 12.2. The Hall–Kier alpha value is -1.62. The highest BCUT2D eigenvalue weighted by Crippen LogP contribution is 2.12. The fourth-order valence-electron chi connectivity index (χ4n) is 1.22. The number of pyridine rings is 1. The number of rotatable bonds is 5. The number of nitrogens with two attached hydrogens (primary N) is 1. The molecule has 1 heterocycles. The number of aromatic nitrogens is 1. The molecular formula is C11H17N3O2. The molecule has 5 nitrogen and oxygen atoms in total. The second-order valence-corrected chi connectivity index (χ2v) is 3.89. The monoisotopic (exact) mass is 223 g/mol. The molecule has 2 atom stereocenters. The van der Waals surface area contributed by atoms with Crippen molar-refractivity contribution in [2.24, 2.45) is 11.7 Å². The smallest absolute Gasteiger partial charge is 0.267 e. The van der Waals surface area contributed by atoms with Crippen LogP contribution in [0.4, 0.5) is 5.69 Å². The second-order valence-electron chi connectivity index (χ2n) is 3.89. The first kappa shape index (κ1) is 12.4. The number of anilines is 1. The third-order valence-corrected chi connectivity index (χ3v) is 2.55. The first-order chi connectivity index (χ1) is 7.54. The topological polar surface area (TPSA) is 88.2 Å². The van der Waals surface area contributed by atoms with Crippen LogP contribution in [0.15, 0.2) is 18.3 Å². The van der Waals surface area contributed by atoms with Crippen LogP contribution in [0.5, 0.6) is 0 Å². The molecule has 1 aromatic heterocycles. The van der Waals surface area contributed by atoms with Gasteiger partial charge in [-0.05, 0) is 25.0 Å². The lowest BCUT2D eigenvalue weighted by Gasteiger charge is -2.20. The van der Waals surface area contributed by atoms with Crippen LogP contribution in [-0.4, -0.2) is 28.6 Å². The van der Waals surface area contributed by atoms with E-state index < -0.39 is 5.91 Å². The number of aliphatic hydroxyl groups excluding tert-OH is 1. The summed E-state index contributed by atoms with van der Waals surface area (Å²) >= 11 is 0. The van der Waals surface area contributed by atoms with Crippen molar-refractivity contribution < 1.29 is 9.90 Å². The van der Waals surface area contributed by atoms with E-state index in [9.17, 15) is 4.79 Å². The SMILES string of the molecule is CC(CO)C(C)Nc1ccnc(C(N)=O)c1. The van der Waals surface area contributed by atoms with Crippen molar-refractivity contribution in [3.05, 3.63) is 24.0 Å². The Morgan fingerprint density at radius 3 is 2.88 bits per heavy atom. The van der Waals surface area contributed by atoms with Gasteiger partial charge in [-0.25, -0.2) is 0 Å². The minimum absolute atomic E-state index is 0.105. The minimum Gasteiger partial charge on any atom is -0.396 e. The largest absolute Gasteiger partial charge is 0.396 e. The molecule has 0 spiro atoms. The molecule has 0 fully saturated rings. The maximum absolute atomic E-state index is 10.9. The van der Waals surface area contributed by atoms with Gasteiger partial charge < -0.3 is 16.2 Å². The van der Waals surface area contributed by atoms with Crippen molar-refractivity contribution >= 4 is 11.6 Å². The van der Waals surface area contributed by atoms with E-state index >= 15 is 0 Å². The minimum atomic E-state index is -0.550. The molecular weight excluding hydrogens is 206 g/mol. The maximum Gasteiger partial charge on any atom is 0.267 e. The van der Waals surface area contributed by atoms with Crippen molar-refractivity contribution in [1.82, 2.24) is 4.98 Å². The molecule has 1 rings (SSSR count). The van der Waals surface area contributed by atoms with Gasteiger partial charge in [0.2, 0.25) is 0 Å². The molecule has 16 heavy (non-hydrogen) atoms. The van der Waals surface area contributed by atoms with Crippen LogP contribution in [0.3, 0.4) is 0 Å². The highest BCUT2D eigenvalue weighted by atomic mass is 16.3. The third-order valence-electron chi connectivity index (χ3n) is 2.55. The van der Waals surface area contributed by atoms with Gasteiger partial charge in [0.1, 0.15) is 5.69 Å². The molecule has 0 aliphatic carbocycles. The van der Waals surface area contributed by atoms with Gasteiger partial charge in [-0.15, -0.1) is 0 Å². The molecule has 0 saturated heterocycles. The Kier molecular flexibility index (Phi) is 4.25. The molecule has 0 radical (unpaired) electrons. The normalized spacial score (nSPS) is 14.2. The quantitative estimate of drug-likeness (QED) is 0.682. The van der Waals surface area contributed by atoms with Crippen LogP contribution >= 0.6 is 0 Å². The summed E-state index contributed by atoms with van der Waals surface area (Å²) in [6.07, 6.45) is 1.53. The fourth-order valence-corrected chi connectivity index (χ4v) is 1.22. The van der Waals surface area contributed by atoms with Gasteiger partial charge >= 0.3 is 0 Å². The Bertz CT molecular complexity index is 368. The number of primary amides is 1. The zero-order chi connectivity index (χ0) is 12.1. The molecule has 0 aromatic carbocycles. The van der Waals surface area contributed by atoms with E-state index in [1.54, 1.807) is 12.1 Å². The van der Waals surface area contributed by atoms with Gasteiger partial charge in [0.15, 0.2) is 0 Å². The van der Waals surface area contributed by atoms with E-state index in [1.165, 1.54) is 6.20 Å². The van der Waals surface area contributed by atoms with Crippen LogP contribution < -0.4 is 11.1 Å². The Morgan fingerprint density at radius 1 is 1.62 bits per heavy atom. The number of nitrogens with zero attached hydrogens (tertiary/aromatic N) is 1. The summed E-state index contributed by atoms with van der Waals surface area (Å²) in [6.45, 7) is 4.01. The van der Waals surface area contributed by atoms with Crippen LogP contribution in [-0.2, 0) is 0 Å². The van der Waals surface area contributed by atoms with E-state index in [0.29, 0.717) is 0 Å². The molecule has 1 aromatic rings. The van der Waals surface area contributed by atoms with E-state index in [0.717, 1.165) is 5.69 Å². The van der Waals surface area contributed by atoms with Gasteiger partial charge in [-0.3, -0.25) is 9.78 Å². The Balaban J connectivity index is 2.74. The van der Waals surface area contributed by atoms with E-state index in [2.05, 4.69) is 10.3 Å². The lowest BCUT2D eigenvalue weighted by atomic mass is 10.1. The number of carbonyl (C=O) groups excluding carboxylic acids is 1. The van der Waals surface area contributed by atoms with Gasteiger partial charge in [0.05, 0.1) is 0 Å². The summed E-state index contributed by atoms with van der Waals surface area (Å²) in [4.78, 5) is 14.8. The number of hydrogen-bond acceptors (Lipinski definition) is 4. The summed E-state index contributed by atoms with van der Waals surface area (Å²) in [5.41, 5.74) is 6.14. The van der Waals surface area contributed by atoms with Gasteiger partial charge in [0.25, 0.3) is 5.91 Å². The van der Waals surface area contributed by atoms with Crippen molar-refractivity contribution in [3.63, 3.8) is 0 Å². The molecule has 5 heteroatoms. The number of amides is 1. The fraction of sp³-hybridized carbons (Fsp3) is 0.455. The van der Waals surface area contributed by atoms with Crippen LogP contribution in [0.2, 0.25) is 0 Å². The molecule has 88 valence electrons. The first-order valence-corrected chi connectivity index (χ1v) is 5.18. The van der Waals surface area contributed by atoms with Crippen molar-refractivity contribution in [2.45, 2.75) is 19.9 Å². The molecule has 0 saturated carbocycles. The summed E-state index contributed by atoms with van der Waals surface area (Å²) in [5.74, 6) is -0.420. The van der Waals surface area contributed by atoms with Crippen molar-refractivity contribution in [3.8, 4) is 0 Å². The van der Waals surface area contributed by atoms with E-state index in [1.807, 2.05) is 13.8 Å². The zero-order valence-corrected chi connectivity index (χ0v) is 9.47. The third kappa shape index (κ3) is 3.20. The van der Waals surface area contributed by atoms with Gasteiger partial charge in [-0.1, -0.05) is 6.92 Å². The molecule has 0 aliphatic heterocycles.